The van der Waals surface area contributed by atoms with Gasteiger partial charge in [-0.1, -0.05) is 52.3 Å². The van der Waals surface area contributed by atoms with Crippen LogP contribution >= 0.6 is 15.9 Å². The van der Waals surface area contributed by atoms with Gasteiger partial charge >= 0.3 is 0 Å². The molecule has 0 aliphatic carbocycles. The highest BCUT2D eigenvalue weighted by molar-refractivity contribution is 9.10. The first kappa shape index (κ1) is 12.2. The molecule has 3 aromatic rings. The minimum atomic E-state index is 0.741. The number of aryl methyl sites for hydroxylation is 1. The molecule has 0 saturated carbocycles. The summed E-state index contributed by atoms with van der Waals surface area (Å²) >= 11 is 3.56. The Morgan fingerprint density at radius 3 is 2.47 bits per heavy atom. The summed E-state index contributed by atoms with van der Waals surface area (Å²) in [5, 5.41) is 0.991. The SMILES string of the molecule is Cn1c(-c2ccccc2Br)c(C=O)c2ccccc21. The average molecular weight is 314 g/mol. The molecule has 0 atom stereocenters. The number of aromatic nitrogens is 1. The number of hydrogen-bond donors (Lipinski definition) is 0. The lowest BCUT2D eigenvalue weighted by atomic mass is 10.1. The molecule has 0 unspecified atom stereocenters. The zero-order chi connectivity index (χ0) is 13.4. The van der Waals surface area contributed by atoms with Gasteiger partial charge in [0.1, 0.15) is 0 Å². The molecular weight excluding hydrogens is 302 g/mol. The topological polar surface area (TPSA) is 22.0 Å². The molecule has 2 nitrogen and oxygen atoms in total. The minimum Gasteiger partial charge on any atom is -0.343 e. The van der Waals surface area contributed by atoms with Crippen molar-refractivity contribution in [3.63, 3.8) is 0 Å². The molecular formula is C16H12BrNO. The molecule has 0 aliphatic rings. The summed E-state index contributed by atoms with van der Waals surface area (Å²) in [6.07, 6.45) is 0.942. The quantitative estimate of drug-likeness (QED) is 0.642. The Morgan fingerprint density at radius 2 is 1.74 bits per heavy atom. The molecule has 0 spiro atoms. The van der Waals surface area contributed by atoms with E-state index >= 15 is 0 Å². The van der Waals surface area contributed by atoms with E-state index in [-0.39, 0.29) is 0 Å². The maximum absolute atomic E-state index is 11.5. The first-order valence-corrected chi connectivity index (χ1v) is 6.81. The zero-order valence-electron chi connectivity index (χ0n) is 10.4. The number of benzene rings is 2. The van der Waals surface area contributed by atoms with Crippen LogP contribution in [0.1, 0.15) is 10.4 Å². The number of hydrogen-bond acceptors (Lipinski definition) is 1. The minimum absolute atomic E-state index is 0.741. The van der Waals surface area contributed by atoms with Gasteiger partial charge in [-0.05, 0) is 12.1 Å². The molecule has 0 fully saturated rings. The van der Waals surface area contributed by atoms with Crippen molar-refractivity contribution in [2.45, 2.75) is 0 Å². The fourth-order valence-corrected chi connectivity index (χ4v) is 2.99. The summed E-state index contributed by atoms with van der Waals surface area (Å²) in [5.41, 5.74) is 3.78. The highest BCUT2D eigenvalue weighted by Gasteiger charge is 2.17. The van der Waals surface area contributed by atoms with Crippen molar-refractivity contribution in [2.75, 3.05) is 0 Å². The third-order valence-corrected chi connectivity index (χ3v) is 4.08. The smallest absolute Gasteiger partial charge is 0.152 e. The molecule has 3 rings (SSSR count). The van der Waals surface area contributed by atoms with Gasteiger partial charge in [0.05, 0.1) is 5.69 Å². The van der Waals surface area contributed by atoms with E-state index in [1.807, 2.05) is 55.6 Å². The first-order valence-electron chi connectivity index (χ1n) is 6.01. The van der Waals surface area contributed by atoms with E-state index < -0.39 is 0 Å². The number of aldehydes is 1. The van der Waals surface area contributed by atoms with Crippen LogP contribution < -0.4 is 0 Å². The molecule has 0 amide bonds. The predicted molar refractivity (Wildman–Crippen MR) is 81.4 cm³/mol. The summed E-state index contributed by atoms with van der Waals surface area (Å²) in [6, 6.07) is 15.9. The predicted octanol–water partition coefficient (Wildman–Crippen LogP) is 4.42. The maximum Gasteiger partial charge on any atom is 0.152 e. The number of carbonyl (C=O) groups is 1. The summed E-state index contributed by atoms with van der Waals surface area (Å²) < 4.78 is 3.06. The van der Waals surface area contributed by atoms with E-state index in [9.17, 15) is 4.79 Å². The molecule has 0 bridgehead atoms. The highest BCUT2D eigenvalue weighted by atomic mass is 79.9. The second kappa shape index (κ2) is 4.67. The van der Waals surface area contributed by atoms with Gasteiger partial charge in [-0.25, -0.2) is 0 Å². The standard InChI is InChI=1S/C16H12BrNO/c1-18-15-9-5-3-6-11(15)13(10-19)16(18)12-7-2-4-8-14(12)17/h2-10H,1H3. The van der Waals surface area contributed by atoms with Gasteiger partial charge in [0.15, 0.2) is 6.29 Å². The van der Waals surface area contributed by atoms with Crippen LogP contribution in [0.5, 0.6) is 0 Å². The number of nitrogens with zero attached hydrogens (tertiary/aromatic N) is 1. The van der Waals surface area contributed by atoms with Crippen LogP contribution in [-0.4, -0.2) is 10.9 Å². The lowest BCUT2D eigenvalue weighted by Crippen LogP contribution is -1.94. The molecule has 2 aromatic carbocycles. The van der Waals surface area contributed by atoms with Crippen molar-refractivity contribution in [1.29, 1.82) is 0 Å². The summed E-state index contributed by atoms with van der Waals surface area (Å²) in [5.74, 6) is 0. The van der Waals surface area contributed by atoms with Crippen molar-refractivity contribution < 1.29 is 4.79 Å². The molecule has 1 aromatic heterocycles. The Bertz CT molecular complexity index is 774. The van der Waals surface area contributed by atoms with Gasteiger partial charge < -0.3 is 4.57 Å². The van der Waals surface area contributed by atoms with Crippen molar-refractivity contribution in [3.8, 4) is 11.3 Å². The van der Waals surface area contributed by atoms with Gasteiger partial charge in [0, 0.05) is 33.6 Å². The number of para-hydroxylation sites is 1. The fourth-order valence-electron chi connectivity index (χ4n) is 2.52. The zero-order valence-corrected chi connectivity index (χ0v) is 12.0. The van der Waals surface area contributed by atoms with Gasteiger partial charge in [-0.3, -0.25) is 4.79 Å². The van der Waals surface area contributed by atoms with Crippen molar-refractivity contribution in [2.24, 2.45) is 7.05 Å². The van der Waals surface area contributed by atoms with Gasteiger partial charge in [-0.15, -0.1) is 0 Å². The van der Waals surface area contributed by atoms with Gasteiger partial charge in [0.2, 0.25) is 0 Å². The van der Waals surface area contributed by atoms with Gasteiger partial charge in [-0.2, -0.15) is 0 Å². The Balaban J connectivity index is 2.45. The summed E-state index contributed by atoms with van der Waals surface area (Å²) in [7, 11) is 1.99. The van der Waals surface area contributed by atoms with E-state index in [0.29, 0.717) is 0 Å². The van der Waals surface area contributed by atoms with Crippen LogP contribution in [0.15, 0.2) is 53.0 Å². The molecule has 1 heterocycles. The first-order chi connectivity index (χ1) is 9.24. The summed E-state index contributed by atoms with van der Waals surface area (Å²) in [6.45, 7) is 0. The molecule has 0 aliphatic heterocycles. The number of carbonyl (C=O) groups excluding carboxylic acids is 1. The van der Waals surface area contributed by atoms with Gasteiger partial charge in [0.25, 0.3) is 0 Å². The highest BCUT2D eigenvalue weighted by Crippen LogP contribution is 2.35. The number of halogens is 1. The van der Waals surface area contributed by atoms with E-state index in [0.717, 1.165) is 38.5 Å². The Morgan fingerprint density at radius 1 is 1.05 bits per heavy atom. The fraction of sp³-hybridized carbons (Fsp3) is 0.0625. The molecule has 0 radical (unpaired) electrons. The lowest BCUT2D eigenvalue weighted by Gasteiger charge is -2.07. The molecule has 94 valence electrons. The van der Waals surface area contributed by atoms with Crippen LogP contribution in [-0.2, 0) is 7.05 Å². The van der Waals surface area contributed by atoms with E-state index in [2.05, 4.69) is 20.5 Å². The lowest BCUT2D eigenvalue weighted by molar-refractivity contribution is 0.112. The number of rotatable bonds is 2. The van der Waals surface area contributed by atoms with Crippen LogP contribution in [0.4, 0.5) is 0 Å². The normalized spacial score (nSPS) is 10.8. The molecule has 0 N–H and O–H groups in total. The van der Waals surface area contributed by atoms with E-state index in [4.69, 9.17) is 0 Å². The third kappa shape index (κ3) is 1.81. The van der Waals surface area contributed by atoms with Crippen LogP contribution in [0, 0.1) is 0 Å². The van der Waals surface area contributed by atoms with E-state index in [1.54, 1.807) is 0 Å². The number of fused-ring (bicyclic) bond motifs is 1. The molecule has 0 saturated heterocycles. The Hall–Kier alpha value is -1.87. The largest absolute Gasteiger partial charge is 0.343 e. The second-order valence-corrected chi connectivity index (χ2v) is 5.29. The molecule has 19 heavy (non-hydrogen) atoms. The Kier molecular flexibility index (Phi) is 2.99. The maximum atomic E-state index is 11.5. The van der Waals surface area contributed by atoms with Crippen molar-refractivity contribution in [1.82, 2.24) is 4.57 Å². The summed E-state index contributed by atoms with van der Waals surface area (Å²) in [4.78, 5) is 11.5. The van der Waals surface area contributed by atoms with Crippen molar-refractivity contribution >= 4 is 33.1 Å². The Labute approximate surface area is 119 Å². The van der Waals surface area contributed by atoms with Crippen LogP contribution in [0.25, 0.3) is 22.2 Å². The van der Waals surface area contributed by atoms with Crippen LogP contribution in [0.2, 0.25) is 0 Å². The monoisotopic (exact) mass is 313 g/mol. The van der Waals surface area contributed by atoms with Crippen molar-refractivity contribution in [3.05, 3.63) is 58.6 Å². The van der Waals surface area contributed by atoms with E-state index in [1.165, 1.54) is 0 Å². The second-order valence-electron chi connectivity index (χ2n) is 4.44. The van der Waals surface area contributed by atoms with Crippen LogP contribution in [0.3, 0.4) is 0 Å². The molecule has 3 heteroatoms. The third-order valence-electron chi connectivity index (χ3n) is 3.39. The average Bonchev–Trinajstić information content (AvgIpc) is 2.73.